The summed E-state index contributed by atoms with van der Waals surface area (Å²) in [5, 5.41) is 5.66. The maximum atomic E-state index is 12.3. The number of hydrogen-bond donors (Lipinski definition) is 2. The van der Waals surface area contributed by atoms with Crippen molar-refractivity contribution in [2.75, 3.05) is 18.5 Å². The zero-order chi connectivity index (χ0) is 17.7. The minimum Gasteiger partial charge on any atom is -0.368 e. The summed E-state index contributed by atoms with van der Waals surface area (Å²) < 4.78 is 5.32. The monoisotopic (exact) mass is 332 g/mol. The van der Waals surface area contributed by atoms with Gasteiger partial charge in [-0.15, -0.1) is 0 Å². The second-order valence-corrected chi connectivity index (χ2v) is 6.89. The third-order valence-electron chi connectivity index (χ3n) is 4.28. The molecule has 2 rings (SSSR count). The van der Waals surface area contributed by atoms with E-state index in [1.54, 1.807) is 0 Å². The van der Waals surface area contributed by atoms with Crippen LogP contribution in [0.4, 0.5) is 5.69 Å². The number of amides is 2. The Kier molecular flexibility index (Phi) is 6.37. The van der Waals surface area contributed by atoms with Crippen molar-refractivity contribution < 1.29 is 14.3 Å². The van der Waals surface area contributed by atoms with E-state index in [0.717, 1.165) is 29.7 Å². The van der Waals surface area contributed by atoms with Crippen molar-refractivity contribution in [3.05, 3.63) is 29.3 Å². The van der Waals surface area contributed by atoms with Crippen LogP contribution >= 0.6 is 0 Å². The summed E-state index contributed by atoms with van der Waals surface area (Å²) >= 11 is 0. The van der Waals surface area contributed by atoms with E-state index in [1.165, 1.54) is 0 Å². The van der Waals surface area contributed by atoms with Crippen molar-refractivity contribution in [3.8, 4) is 0 Å². The molecule has 1 heterocycles. The topological polar surface area (TPSA) is 67.4 Å². The summed E-state index contributed by atoms with van der Waals surface area (Å²) in [5.41, 5.74) is 3.10. The lowest BCUT2D eigenvalue weighted by Gasteiger charge is -2.20. The fourth-order valence-electron chi connectivity index (χ4n) is 2.94. The summed E-state index contributed by atoms with van der Waals surface area (Å²) in [4.78, 5) is 24.3. The fraction of sp³-hybridized carbons (Fsp3) is 0.579. The van der Waals surface area contributed by atoms with Crippen LogP contribution in [0.2, 0.25) is 0 Å². The lowest BCUT2D eigenvalue weighted by atomic mass is 9.92. The third-order valence-corrected chi connectivity index (χ3v) is 4.28. The molecule has 0 aromatic heterocycles. The number of rotatable bonds is 6. The van der Waals surface area contributed by atoms with E-state index in [9.17, 15) is 9.59 Å². The first-order valence-corrected chi connectivity index (χ1v) is 8.72. The maximum Gasteiger partial charge on any atom is 0.249 e. The van der Waals surface area contributed by atoms with Crippen molar-refractivity contribution in [1.29, 1.82) is 0 Å². The van der Waals surface area contributed by atoms with E-state index in [1.807, 2.05) is 18.2 Å². The van der Waals surface area contributed by atoms with Gasteiger partial charge in [-0.25, -0.2) is 0 Å². The Morgan fingerprint density at radius 3 is 2.29 bits per heavy atom. The van der Waals surface area contributed by atoms with E-state index >= 15 is 0 Å². The molecule has 0 bridgehead atoms. The molecule has 1 aromatic rings. The second-order valence-electron chi connectivity index (χ2n) is 6.89. The number of anilines is 1. The van der Waals surface area contributed by atoms with Gasteiger partial charge in [-0.05, 0) is 35.8 Å². The number of hydrogen-bond acceptors (Lipinski definition) is 3. The lowest BCUT2D eigenvalue weighted by Crippen LogP contribution is -2.39. The Labute approximate surface area is 144 Å². The van der Waals surface area contributed by atoms with E-state index in [-0.39, 0.29) is 18.4 Å². The van der Waals surface area contributed by atoms with Gasteiger partial charge in [0.1, 0.15) is 6.10 Å². The van der Waals surface area contributed by atoms with Gasteiger partial charge in [0.15, 0.2) is 0 Å². The molecule has 1 atom stereocenters. The molecule has 5 nitrogen and oxygen atoms in total. The summed E-state index contributed by atoms with van der Waals surface area (Å²) in [6.07, 6.45) is 1.21. The van der Waals surface area contributed by atoms with Gasteiger partial charge in [0, 0.05) is 12.3 Å². The molecule has 1 saturated heterocycles. The highest BCUT2D eigenvalue weighted by Gasteiger charge is 2.24. The molecule has 1 aliphatic heterocycles. The number of benzene rings is 1. The first-order chi connectivity index (χ1) is 11.4. The normalized spacial score (nSPS) is 17.3. The third kappa shape index (κ3) is 4.57. The Morgan fingerprint density at radius 1 is 1.17 bits per heavy atom. The first-order valence-electron chi connectivity index (χ1n) is 8.72. The van der Waals surface area contributed by atoms with Gasteiger partial charge in [0.2, 0.25) is 11.8 Å². The number of carbonyl (C=O) groups is 2. The van der Waals surface area contributed by atoms with Crippen molar-refractivity contribution >= 4 is 17.5 Å². The van der Waals surface area contributed by atoms with Crippen LogP contribution in [0, 0.1) is 0 Å². The van der Waals surface area contributed by atoms with Crippen molar-refractivity contribution in [1.82, 2.24) is 5.32 Å². The van der Waals surface area contributed by atoms with Gasteiger partial charge in [0.25, 0.3) is 0 Å². The Morgan fingerprint density at radius 2 is 1.79 bits per heavy atom. The Hall–Kier alpha value is -1.88. The summed E-state index contributed by atoms with van der Waals surface area (Å²) in [6.45, 7) is 9.00. The quantitative estimate of drug-likeness (QED) is 0.841. The molecule has 0 aliphatic carbocycles. The molecular formula is C19H28N2O3. The van der Waals surface area contributed by atoms with Crippen LogP contribution in [0.1, 0.15) is 63.5 Å². The van der Waals surface area contributed by atoms with Crippen LogP contribution in [0.15, 0.2) is 18.2 Å². The molecule has 0 radical (unpaired) electrons. The lowest BCUT2D eigenvalue weighted by molar-refractivity contribution is -0.131. The van der Waals surface area contributed by atoms with E-state index in [2.05, 4.69) is 38.3 Å². The van der Waals surface area contributed by atoms with Gasteiger partial charge >= 0.3 is 0 Å². The molecule has 0 spiro atoms. The van der Waals surface area contributed by atoms with Gasteiger partial charge in [-0.2, -0.15) is 0 Å². The zero-order valence-corrected chi connectivity index (χ0v) is 15.0. The van der Waals surface area contributed by atoms with Crippen LogP contribution in [0.3, 0.4) is 0 Å². The first kappa shape index (κ1) is 18.5. The molecule has 1 aliphatic rings. The van der Waals surface area contributed by atoms with E-state index in [4.69, 9.17) is 4.74 Å². The van der Waals surface area contributed by atoms with Crippen LogP contribution in [0.5, 0.6) is 0 Å². The van der Waals surface area contributed by atoms with E-state index < -0.39 is 6.10 Å². The molecule has 132 valence electrons. The average Bonchev–Trinajstić information content (AvgIpc) is 3.06. The molecule has 2 amide bonds. The van der Waals surface area contributed by atoms with Gasteiger partial charge in [-0.3, -0.25) is 9.59 Å². The van der Waals surface area contributed by atoms with Gasteiger partial charge in [0.05, 0.1) is 6.54 Å². The zero-order valence-electron chi connectivity index (χ0n) is 15.0. The highest BCUT2D eigenvalue weighted by molar-refractivity contribution is 5.96. The average molecular weight is 332 g/mol. The minimum absolute atomic E-state index is 0.0390. The van der Waals surface area contributed by atoms with Crippen LogP contribution in [-0.4, -0.2) is 31.1 Å². The Bertz CT molecular complexity index is 564. The molecule has 1 aromatic carbocycles. The SMILES string of the molecule is CC(C)c1cccc(C(C)C)c1NC(=O)CNC(=O)C1CCCO1. The van der Waals surface area contributed by atoms with Gasteiger partial charge < -0.3 is 15.4 Å². The van der Waals surface area contributed by atoms with E-state index in [0.29, 0.717) is 18.4 Å². The van der Waals surface area contributed by atoms with Crippen LogP contribution in [-0.2, 0) is 14.3 Å². The number of nitrogens with one attached hydrogen (secondary N) is 2. The number of carbonyl (C=O) groups excluding carboxylic acids is 2. The minimum atomic E-state index is -0.410. The standard InChI is InChI=1S/C19H28N2O3/c1-12(2)14-7-5-8-15(13(3)4)18(14)21-17(22)11-20-19(23)16-9-6-10-24-16/h5,7-8,12-13,16H,6,9-11H2,1-4H3,(H,20,23)(H,21,22). The number of para-hydroxylation sites is 1. The predicted molar refractivity (Wildman–Crippen MR) is 95.2 cm³/mol. The Balaban J connectivity index is 2.03. The fourth-order valence-corrected chi connectivity index (χ4v) is 2.94. The summed E-state index contributed by atoms with van der Waals surface area (Å²) in [6, 6.07) is 6.10. The maximum absolute atomic E-state index is 12.3. The smallest absolute Gasteiger partial charge is 0.249 e. The van der Waals surface area contributed by atoms with Crippen molar-refractivity contribution in [2.24, 2.45) is 0 Å². The summed E-state index contributed by atoms with van der Waals surface area (Å²) in [5.74, 6) is 0.196. The predicted octanol–water partition coefficient (Wildman–Crippen LogP) is 3.17. The molecule has 0 saturated carbocycles. The van der Waals surface area contributed by atoms with Crippen molar-refractivity contribution in [2.45, 2.75) is 58.5 Å². The highest BCUT2D eigenvalue weighted by Crippen LogP contribution is 2.32. The molecule has 1 unspecified atom stereocenters. The molecule has 1 fully saturated rings. The summed E-state index contributed by atoms with van der Waals surface area (Å²) in [7, 11) is 0. The molecule has 2 N–H and O–H groups in total. The second kappa shape index (κ2) is 8.29. The van der Waals surface area contributed by atoms with Crippen LogP contribution < -0.4 is 10.6 Å². The largest absolute Gasteiger partial charge is 0.368 e. The molecule has 5 heteroatoms. The highest BCUT2D eigenvalue weighted by atomic mass is 16.5. The van der Waals surface area contributed by atoms with Crippen molar-refractivity contribution in [3.63, 3.8) is 0 Å². The molecular weight excluding hydrogens is 304 g/mol. The number of ether oxygens (including phenoxy) is 1. The van der Waals surface area contributed by atoms with Gasteiger partial charge in [-0.1, -0.05) is 45.9 Å². The van der Waals surface area contributed by atoms with Crippen LogP contribution in [0.25, 0.3) is 0 Å². The molecule has 24 heavy (non-hydrogen) atoms.